The summed E-state index contributed by atoms with van der Waals surface area (Å²) in [6.45, 7) is 5.99. The number of hydrazone groups is 1. The number of nitrogens with zero attached hydrogens (tertiary/aromatic N) is 5. The van der Waals surface area contributed by atoms with E-state index < -0.39 is 0 Å². The van der Waals surface area contributed by atoms with E-state index in [1.807, 2.05) is 26.8 Å². The lowest BCUT2D eigenvalue weighted by atomic mass is 10.2. The van der Waals surface area contributed by atoms with Crippen molar-refractivity contribution in [1.29, 1.82) is 0 Å². The van der Waals surface area contributed by atoms with Gasteiger partial charge in [0.2, 0.25) is 0 Å². The second-order valence-corrected chi connectivity index (χ2v) is 5.41. The zero-order valence-electron chi connectivity index (χ0n) is 13.7. The van der Waals surface area contributed by atoms with Gasteiger partial charge in [0.1, 0.15) is 5.82 Å². The summed E-state index contributed by atoms with van der Waals surface area (Å²) in [7, 11) is 0. The molecular formula is C17H17FN6. The maximum atomic E-state index is 12.8. The molecule has 0 fully saturated rings. The molecule has 1 N–H and O–H groups in total. The molecule has 0 amide bonds. The molecular weight excluding hydrogens is 307 g/mol. The molecule has 0 aliphatic rings. The second kappa shape index (κ2) is 6.57. The maximum Gasteiger partial charge on any atom is 0.176 e. The Labute approximate surface area is 139 Å². The van der Waals surface area contributed by atoms with E-state index in [1.165, 1.54) is 12.1 Å². The van der Waals surface area contributed by atoms with E-state index in [-0.39, 0.29) is 5.82 Å². The summed E-state index contributed by atoms with van der Waals surface area (Å²) < 4.78 is 14.6. The van der Waals surface area contributed by atoms with Crippen molar-refractivity contribution in [3.05, 3.63) is 64.7 Å². The molecule has 24 heavy (non-hydrogen) atoms. The van der Waals surface area contributed by atoms with Crippen LogP contribution in [0.4, 0.5) is 10.2 Å². The zero-order chi connectivity index (χ0) is 17.1. The monoisotopic (exact) mass is 324 g/mol. The highest BCUT2D eigenvalue weighted by Crippen LogP contribution is 2.15. The van der Waals surface area contributed by atoms with Crippen LogP contribution in [0, 0.1) is 26.6 Å². The molecule has 2 heterocycles. The fraction of sp³-hybridized carbons (Fsp3) is 0.176. The Morgan fingerprint density at radius 1 is 1.04 bits per heavy atom. The van der Waals surface area contributed by atoms with E-state index >= 15 is 0 Å². The van der Waals surface area contributed by atoms with E-state index in [2.05, 4.69) is 25.8 Å². The van der Waals surface area contributed by atoms with Gasteiger partial charge in [0.25, 0.3) is 0 Å². The zero-order valence-corrected chi connectivity index (χ0v) is 13.7. The minimum Gasteiger partial charge on any atom is -0.260 e. The Morgan fingerprint density at radius 2 is 1.79 bits per heavy atom. The van der Waals surface area contributed by atoms with Crippen molar-refractivity contribution in [2.75, 3.05) is 5.43 Å². The fourth-order valence-electron chi connectivity index (χ4n) is 2.16. The molecule has 0 saturated heterocycles. The number of nitrogens with one attached hydrogen (secondary N) is 1. The highest BCUT2D eigenvalue weighted by molar-refractivity contribution is 5.79. The minimum atomic E-state index is -0.277. The molecule has 0 saturated carbocycles. The molecule has 2 aromatic heterocycles. The van der Waals surface area contributed by atoms with E-state index in [4.69, 9.17) is 0 Å². The predicted molar refractivity (Wildman–Crippen MR) is 91.0 cm³/mol. The smallest absolute Gasteiger partial charge is 0.176 e. The van der Waals surface area contributed by atoms with Gasteiger partial charge in [-0.1, -0.05) is 12.1 Å². The first-order valence-corrected chi connectivity index (χ1v) is 7.46. The molecule has 0 bridgehead atoms. The highest BCUT2D eigenvalue weighted by Gasteiger charge is 2.10. The average molecular weight is 324 g/mol. The summed E-state index contributed by atoms with van der Waals surface area (Å²) in [6.07, 6.45) is 1.58. The van der Waals surface area contributed by atoms with Crippen molar-refractivity contribution in [3.63, 3.8) is 0 Å². The molecule has 1 aromatic carbocycles. The third kappa shape index (κ3) is 3.29. The van der Waals surface area contributed by atoms with Crippen LogP contribution in [-0.4, -0.2) is 26.2 Å². The third-order valence-electron chi connectivity index (χ3n) is 3.78. The van der Waals surface area contributed by atoms with E-state index in [1.54, 1.807) is 29.1 Å². The van der Waals surface area contributed by atoms with Crippen LogP contribution in [-0.2, 0) is 0 Å². The van der Waals surface area contributed by atoms with Crippen LogP contribution < -0.4 is 5.43 Å². The van der Waals surface area contributed by atoms with E-state index in [9.17, 15) is 4.39 Å². The molecule has 3 aromatic rings. The number of hydrogen-bond donors (Lipinski definition) is 1. The van der Waals surface area contributed by atoms with Crippen molar-refractivity contribution in [2.45, 2.75) is 20.8 Å². The molecule has 6 nitrogen and oxygen atoms in total. The van der Waals surface area contributed by atoms with Gasteiger partial charge in [0.05, 0.1) is 11.9 Å². The quantitative estimate of drug-likeness (QED) is 0.591. The van der Waals surface area contributed by atoms with Crippen LogP contribution in [0.15, 0.2) is 41.5 Å². The van der Waals surface area contributed by atoms with Crippen LogP contribution in [0.25, 0.3) is 5.82 Å². The molecule has 0 atom stereocenters. The minimum absolute atomic E-state index is 0.277. The molecule has 3 rings (SSSR count). The largest absolute Gasteiger partial charge is 0.260 e. The van der Waals surface area contributed by atoms with E-state index in [0.29, 0.717) is 11.6 Å². The molecule has 0 radical (unpaired) electrons. The van der Waals surface area contributed by atoms with Gasteiger partial charge in [0, 0.05) is 5.69 Å². The summed E-state index contributed by atoms with van der Waals surface area (Å²) in [4.78, 5) is 0. The Kier molecular flexibility index (Phi) is 4.33. The van der Waals surface area contributed by atoms with Gasteiger partial charge < -0.3 is 0 Å². The Hall–Kier alpha value is -3.09. The van der Waals surface area contributed by atoms with Gasteiger partial charge in [-0.2, -0.15) is 10.2 Å². The summed E-state index contributed by atoms with van der Waals surface area (Å²) >= 11 is 0. The number of aryl methyl sites for hydroxylation is 1. The maximum absolute atomic E-state index is 12.8. The first kappa shape index (κ1) is 15.8. The average Bonchev–Trinajstić information content (AvgIpc) is 2.85. The number of hydrogen-bond acceptors (Lipinski definition) is 5. The first-order chi connectivity index (χ1) is 11.5. The number of anilines is 1. The van der Waals surface area contributed by atoms with Gasteiger partial charge in [-0.3, -0.25) is 5.43 Å². The lowest BCUT2D eigenvalue weighted by Crippen LogP contribution is -2.04. The second-order valence-electron chi connectivity index (χ2n) is 5.41. The van der Waals surface area contributed by atoms with Crippen LogP contribution in [0.3, 0.4) is 0 Å². The van der Waals surface area contributed by atoms with Crippen molar-refractivity contribution in [1.82, 2.24) is 20.0 Å². The molecule has 122 valence electrons. The Balaban J connectivity index is 1.70. The van der Waals surface area contributed by atoms with Crippen LogP contribution in [0.1, 0.15) is 22.5 Å². The van der Waals surface area contributed by atoms with Crippen LogP contribution in [0.5, 0.6) is 0 Å². The van der Waals surface area contributed by atoms with Gasteiger partial charge in [-0.05, 0) is 56.2 Å². The van der Waals surface area contributed by atoms with E-state index in [0.717, 1.165) is 22.5 Å². The number of rotatable bonds is 4. The summed E-state index contributed by atoms with van der Waals surface area (Å²) in [5, 5.41) is 16.8. The lowest BCUT2D eigenvalue weighted by molar-refractivity contribution is 0.628. The molecule has 0 unspecified atom stereocenters. The topological polar surface area (TPSA) is 68.0 Å². The van der Waals surface area contributed by atoms with Crippen molar-refractivity contribution in [3.8, 4) is 5.82 Å². The van der Waals surface area contributed by atoms with Crippen LogP contribution >= 0.6 is 0 Å². The number of halogens is 1. The predicted octanol–water partition coefficient (Wildman–Crippen LogP) is 3.17. The molecule has 7 heteroatoms. The summed E-state index contributed by atoms with van der Waals surface area (Å²) in [5.74, 6) is 0.882. The normalized spacial score (nSPS) is 11.2. The van der Waals surface area contributed by atoms with Crippen LogP contribution in [0.2, 0.25) is 0 Å². The fourth-order valence-corrected chi connectivity index (χ4v) is 2.16. The SMILES string of the molecule is Cc1nn(-c2ccc(N/N=C/c3ccc(F)cc3)nn2)c(C)c1C. The standard InChI is InChI=1S/C17H17FN6/c1-11-12(2)23-24(13(11)3)17-9-8-16(21-22-17)20-19-10-14-4-6-15(18)7-5-14/h4-10H,1-3H3,(H,20,21)/b19-10+. The first-order valence-electron chi connectivity index (χ1n) is 7.46. The molecule has 0 spiro atoms. The molecule has 0 aliphatic carbocycles. The molecule has 0 aliphatic heterocycles. The summed E-state index contributed by atoms with van der Waals surface area (Å²) in [5.41, 5.74) is 6.73. The highest BCUT2D eigenvalue weighted by atomic mass is 19.1. The van der Waals surface area contributed by atoms with Crippen molar-refractivity contribution >= 4 is 12.0 Å². The number of aromatic nitrogens is 4. The number of benzene rings is 1. The van der Waals surface area contributed by atoms with Crippen molar-refractivity contribution in [2.24, 2.45) is 5.10 Å². The van der Waals surface area contributed by atoms with Gasteiger partial charge >= 0.3 is 0 Å². The Morgan fingerprint density at radius 3 is 2.38 bits per heavy atom. The van der Waals surface area contributed by atoms with Gasteiger partial charge in [0.15, 0.2) is 11.6 Å². The lowest BCUT2D eigenvalue weighted by Gasteiger charge is -2.04. The van der Waals surface area contributed by atoms with Crippen molar-refractivity contribution < 1.29 is 4.39 Å². The van der Waals surface area contributed by atoms with Gasteiger partial charge in [-0.25, -0.2) is 9.07 Å². The third-order valence-corrected chi connectivity index (χ3v) is 3.78. The Bertz CT molecular complexity index is 865. The summed E-state index contributed by atoms with van der Waals surface area (Å²) in [6, 6.07) is 9.64. The van der Waals surface area contributed by atoms with Gasteiger partial charge in [-0.15, -0.1) is 10.2 Å².